The third-order valence-corrected chi connectivity index (χ3v) is 3.73. The van der Waals surface area contributed by atoms with Gasteiger partial charge in [-0.15, -0.1) is 0 Å². The number of benzene rings is 1. The van der Waals surface area contributed by atoms with Crippen molar-refractivity contribution in [3.05, 3.63) is 33.4 Å². The van der Waals surface area contributed by atoms with Gasteiger partial charge in [-0.1, -0.05) is 12.1 Å². The molecule has 1 aromatic carbocycles. The molecular formula is C15H20INO3. The van der Waals surface area contributed by atoms with Crippen molar-refractivity contribution in [3.8, 4) is 0 Å². The second kappa shape index (κ2) is 6.30. The highest BCUT2D eigenvalue weighted by atomic mass is 127. The molecule has 1 aromatic rings. The maximum absolute atomic E-state index is 12.3. The van der Waals surface area contributed by atoms with Gasteiger partial charge in [-0.25, -0.2) is 4.79 Å². The van der Waals surface area contributed by atoms with Gasteiger partial charge in [-0.2, -0.15) is 0 Å². The molecule has 0 saturated carbocycles. The molecule has 1 aliphatic rings. The Morgan fingerprint density at radius 1 is 1.35 bits per heavy atom. The molecule has 110 valence electrons. The Hall–Kier alpha value is -0.820. The van der Waals surface area contributed by atoms with Crippen LogP contribution in [-0.2, 0) is 9.47 Å². The fourth-order valence-corrected chi connectivity index (χ4v) is 2.46. The average Bonchev–Trinajstić information content (AvgIpc) is 2.38. The normalized spacial score (nSPS) is 19.8. The zero-order valence-electron chi connectivity index (χ0n) is 12.1. The van der Waals surface area contributed by atoms with Crippen LogP contribution >= 0.6 is 22.6 Å². The van der Waals surface area contributed by atoms with Crippen LogP contribution in [0.25, 0.3) is 0 Å². The highest BCUT2D eigenvalue weighted by Crippen LogP contribution is 2.26. The van der Waals surface area contributed by atoms with Crippen LogP contribution in [0.5, 0.6) is 0 Å². The predicted molar refractivity (Wildman–Crippen MR) is 85.7 cm³/mol. The van der Waals surface area contributed by atoms with E-state index in [1.54, 1.807) is 4.90 Å². The molecule has 0 N–H and O–H groups in total. The van der Waals surface area contributed by atoms with Crippen LogP contribution in [0.1, 0.15) is 32.4 Å². The second-order valence-corrected chi connectivity index (χ2v) is 7.06. The third kappa shape index (κ3) is 4.09. The summed E-state index contributed by atoms with van der Waals surface area (Å²) >= 11 is 2.27. The van der Waals surface area contributed by atoms with Gasteiger partial charge < -0.3 is 9.47 Å². The van der Waals surface area contributed by atoms with Crippen LogP contribution in [0.2, 0.25) is 0 Å². The van der Waals surface area contributed by atoms with Gasteiger partial charge in [0.05, 0.1) is 19.3 Å². The first-order valence-corrected chi connectivity index (χ1v) is 7.77. The summed E-state index contributed by atoms with van der Waals surface area (Å²) in [5, 5.41) is 0. The monoisotopic (exact) mass is 389 g/mol. The fourth-order valence-electron chi connectivity index (χ4n) is 2.10. The lowest BCUT2D eigenvalue weighted by atomic mass is 10.1. The van der Waals surface area contributed by atoms with Crippen molar-refractivity contribution in [2.24, 2.45) is 0 Å². The molecule has 1 fully saturated rings. The number of rotatable bonds is 1. The number of hydrogen-bond donors (Lipinski definition) is 0. The minimum Gasteiger partial charge on any atom is -0.444 e. The van der Waals surface area contributed by atoms with Gasteiger partial charge in [0.25, 0.3) is 0 Å². The zero-order valence-corrected chi connectivity index (χ0v) is 14.2. The van der Waals surface area contributed by atoms with E-state index in [9.17, 15) is 4.79 Å². The number of carbonyl (C=O) groups excluding carboxylic acids is 1. The first-order valence-electron chi connectivity index (χ1n) is 6.70. The van der Waals surface area contributed by atoms with Crippen LogP contribution < -0.4 is 0 Å². The molecule has 1 amide bonds. The van der Waals surface area contributed by atoms with Crippen LogP contribution in [0.3, 0.4) is 0 Å². The first kappa shape index (κ1) is 15.6. The molecule has 5 heteroatoms. The lowest BCUT2D eigenvalue weighted by Gasteiger charge is -2.36. The van der Waals surface area contributed by atoms with E-state index in [0.29, 0.717) is 19.8 Å². The van der Waals surface area contributed by atoms with Gasteiger partial charge in [0.15, 0.2) is 0 Å². The second-order valence-electron chi connectivity index (χ2n) is 5.82. The summed E-state index contributed by atoms with van der Waals surface area (Å²) in [4.78, 5) is 14.1. The van der Waals surface area contributed by atoms with Crippen LogP contribution in [0, 0.1) is 3.57 Å². The smallest absolute Gasteiger partial charge is 0.410 e. The molecule has 2 rings (SSSR count). The fraction of sp³-hybridized carbons (Fsp3) is 0.533. The van der Waals surface area contributed by atoms with Gasteiger partial charge in [0.2, 0.25) is 0 Å². The van der Waals surface area contributed by atoms with Crippen molar-refractivity contribution in [1.29, 1.82) is 0 Å². The van der Waals surface area contributed by atoms with Crippen molar-refractivity contribution < 1.29 is 14.3 Å². The molecule has 4 nitrogen and oxygen atoms in total. The van der Waals surface area contributed by atoms with Crippen molar-refractivity contribution >= 4 is 28.7 Å². The van der Waals surface area contributed by atoms with Crippen molar-refractivity contribution in [2.75, 3.05) is 19.8 Å². The Bertz CT molecular complexity index is 467. The standard InChI is InChI=1S/C15H20INO3/c1-15(2,3)20-14(18)17-8-9-19-10-13(17)11-4-6-12(16)7-5-11/h4-7,13H,8-10H2,1-3H3. The summed E-state index contributed by atoms with van der Waals surface area (Å²) in [5.74, 6) is 0. The summed E-state index contributed by atoms with van der Waals surface area (Å²) in [6, 6.07) is 8.09. The molecule has 1 saturated heterocycles. The minimum absolute atomic E-state index is 0.0735. The lowest BCUT2D eigenvalue weighted by molar-refractivity contribution is -0.0331. The number of nitrogens with zero attached hydrogens (tertiary/aromatic N) is 1. The Labute approximate surface area is 133 Å². The molecule has 1 aliphatic heterocycles. The average molecular weight is 389 g/mol. The van der Waals surface area contributed by atoms with Crippen LogP contribution in [0.4, 0.5) is 4.79 Å². The van der Waals surface area contributed by atoms with E-state index >= 15 is 0 Å². The summed E-state index contributed by atoms with van der Waals surface area (Å²) in [6.45, 7) is 7.27. The quantitative estimate of drug-likeness (QED) is 0.689. The van der Waals surface area contributed by atoms with E-state index in [-0.39, 0.29) is 12.1 Å². The van der Waals surface area contributed by atoms with E-state index in [1.165, 1.54) is 3.57 Å². The Kier molecular flexibility index (Phi) is 4.90. The highest BCUT2D eigenvalue weighted by molar-refractivity contribution is 14.1. The number of morpholine rings is 1. The Morgan fingerprint density at radius 2 is 2.00 bits per heavy atom. The third-order valence-electron chi connectivity index (χ3n) is 3.01. The van der Waals surface area contributed by atoms with Crippen molar-refractivity contribution in [1.82, 2.24) is 4.90 Å². The maximum Gasteiger partial charge on any atom is 0.410 e. The van der Waals surface area contributed by atoms with Gasteiger partial charge in [-0.3, -0.25) is 4.90 Å². The predicted octanol–water partition coefficient (Wildman–Crippen LogP) is 3.60. The van der Waals surface area contributed by atoms with Crippen molar-refractivity contribution in [2.45, 2.75) is 32.4 Å². The number of amides is 1. The minimum atomic E-state index is -0.480. The summed E-state index contributed by atoms with van der Waals surface area (Å²) < 4.78 is 12.2. The van der Waals surface area contributed by atoms with Crippen LogP contribution in [-0.4, -0.2) is 36.4 Å². The molecule has 1 unspecified atom stereocenters. The molecular weight excluding hydrogens is 369 g/mol. The SMILES string of the molecule is CC(C)(C)OC(=O)N1CCOCC1c1ccc(I)cc1. The number of hydrogen-bond acceptors (Lipinski definition) is 3. The Morgan fingerprint density at radius 3 is 2.60 bits per heavy atom. The number of ether oxygens (including phenoxy) is 2. The van der Waals surface area contributed by atoms with Gasteiger partial charge >= 0.3 is 6.09 Å². The molecule has 20 heavy (non-hydrogen) atoms. The van der Waals surface area contributed by atoms with Gasteiger partial charge in [-0.05, 0) is 61.1 Å². The number of carbonyl (C=O) groups is 1. The molecule has 0 radical (unpaired) electrons. The molecule has 0 aliphatic carbocycles. The van der Waals surface area contributed by atoms with E-state index in [0.717, 1.165) is 5.56 Å². The summed E-state index contributed by atoms with van der Waals surface area (Å²) in [7, 11) is 0. The largest absolute Gasteiger partial charge is 0.444 e. The van der Waals surface area contributed by atoms with Gasteiger partial charge in [0.1, 0.15) is 5.60 Å². The van der Waals surface area contributed by atoms with E-state index in [1.807, 2.05) is 45.0 Å². The zero-order chi connectivity index (χ0) is 14.8. The number of halogens is 1. The summed E-state index contributed by atoms with van der Waals surface area (Å²) in [6.07, 6.45) is -0.274. The van der Waals surface area contributed by atoms with Crippen LogP contribution in [0.15, 0.2) is 24.3 Å². The highest BCUT2D eigenvalue weighted by Gasteiger charge is 2.31. The topological polar surface area (TPSA) is 38.8 Å². The van der Waals surface area contributed by atoms with E-state index < -0.39 is 5.60 Å². The molecule has 1 atom stereocenters. The molecule has 0 spiro atoms. The Balaban J connectivity index is 2.16. The molecule has 0 bridgehead atoms. The van der Waals surface area contributed by atoms with E-state index in [4.69, 9.17) is 9.47 Å². The lowest BCUT2D eigenvalue weighted by Crippen LogP contribution is -2.45. The summed E-state index contributed by atoms with van der Waals surface area (Å²) in [5.41, 5.74) is 0.599. The molecule has 0 aromatic heterocycles. The van der Waals surface area contributed by atoms with E-state index in [2.05, 4.69) is 22.6 Å². The first-order chi connectivity index (χ1) is 9.37. The molecule has 1 heterocycles. The maximum atomic E-state index is 12.3. The van der Waals surface area contributed by atoms with Crippen molar-refractivity contribution in [3.63, 3.8) is 0 Å². The van der Waals surface area contributed by atoms with Gasteiger partial charge in [0, 0.05) is 10.1 Å².